The molecule has 1 atom stereocenters. The predicted octanol–water partition coefficient (Wildman–Crippen LogP) is 2.73. The number of carboxylic acids is 1. The third kappa shape index (κ3) is 5.72. The lowest BCUT2D eigenvalue weighted by atomic mass is 10.1. The number of nitrogens with one attached hydrogen (secondary N) is 2. The topological polar surface area (TPSA) is 78.4 Å². The van der Waals surface area contributed by atoms with Gasteiger partial charge in [-0.1, -0.05) is 6.92 Å². The molecule has 0 aromatic heterocycles. The van der Waals surface area contributed by atoms with Crippen molar-refractivity contribution in [1.29, 1.82) is 0 Å². The molecule has 3 N–H and O–H groups in total. The lowest BCUT2D eigenvalue weighted by Crippen LogP contribution is -2.32. The van der Waals surface area contributed by atoms with Crippen LogP contribution in [0.25, 0.3) is 0 Å². The summed E-state index contributed by atoms with van der Waals surface area (Å²) >= 11 is 0. The van der Waals surface area contributed by atoms with Crippen molar-refractivity contribution in [3.63, 3.8) is 0 Å². The van der Waals surface area contributed by atoms with Crippen LogP contribution in [0.1, 0.15) is 19.8 Å². The smallest absolute Gasteiger partial charge is 0.319 e. The Morgan fingerprint density at radius 3 is 2.57 bits per heavy atom. The first-order valence-corrected chi connectivity index (χ1v) is 6.20. The molecule has 1 rings (SSSR count). The molecule has 0 spiro atoms. The average molecular weight is 304 g/mol. The number of carbonyl (C=O) groups excluding carboxylic acids is 1. The van der Waals surface area contributed by atoms with Gasteiger partial charge in [0.05, 0.1) is 5.69 Å². The average Bonchev–Trinajstić information content (AvgIpc) is 2.39. The van der Waals surface area contributed by atoms with Gasteiger partial charge in [0.2, 0.25) is 0 Å². The van der Waals surface area contributed by atoms with Crippen molar-refractivity contribution >= 4 is 17.7 Å². The van der Waals surface area contributed by atoms with Gasteiger partial charge < -0.3 is 15.7 Å². The van der Waals surface area contributed by atoms with E-state index >= 15 is 0 Å². The van der Waals surface area contributed by atoms with Crippen LogP contribution in [-0.2, 0) is 4.79 Å². The van der Waals surface area contributed by atoms with E-state index in [0.717, 1.165) is 0 Å². The highest BCUT2D eigenvalue weighted by atomic mass is 19.2. The van der Waals surface area contributed by atoms with Crippen LogP contribution >= 0.6 is 0 Å². The summed E-state index contributed by atoms with van der Waals surface area (Å²) in [5, 5.41) is 12.9. The number of urea groups is 1. The number of carbonyl (C=O) groups is 2. The summed E-state index contributed by atoms with van der Waals surface area (Å²) in [6.45, 7) is 1.88. The second-order valence-corrected chi connectivity index (χ2v) is 4.62. The molecule has 0 fully saturated rings. The normalized spacial score (nSPS) is 11.8. The molecule has 1 aromatic rings. The fourth-order valence-corrected chi connectivity index (χ4v) is 1.55. The molecule has 8 heteroatoms. The Balaban J connectivity index is 2.49. The van der Waals surface area contributed by atoms with E-state index in [1.54, 1.807) is 6.92 Å². The number of anilines is 1. The molecule has 0 heterocycles. The first kappa shape index (κ1) is 16.8. The Morgan fingerprint density at radius 1 is 1.29 bits per heavy atom. The van der Waals surface area contributed by atoms with Crippen molar-refractivity contribution in [2.45, 2.75) is 19.8 Å². The molecular weight excluding hydrogens is 289 g/mol. The summed E-state index contributed by atoms with van der Waals surface area (Å²) in [5.74, 6) is -4.82. The van der Waals surface area contributed by atoms with Gasteiger partial charge in [0, 0.05) is 25.1 Å². The molecule has 0 aliphatic heterocycles. The molecule has 0 bridgehead atoms. The van der Waals surface area contributed by atoms with E-state index in [4.69, 9.17) is 5.11 Å². The van der Waals surface area contributed by atoms with Gasteiger partial charge in [0.15, 0.2) is 11.6 Å². The monoisotopic (exact) mass is 304 g/mol. The second-order valence-electron chi connectivity index (χ2n) is 4.62. The van der Waals surface area contributed by atoms with Crippen LogP contribution in [0, 0.1) is 23.4 Å². The summed E-state index contributed by atoms with van der Waals surface area (Å²) in [6.07, 6.45) is 0.326. The third-order valence-corrected chi connectivity index (χ3v) is 2.70. The van der Waals surface area contributed by atoms with Crippen LogP contribution in [0.3, 0.4) is 0 Å². The number of benzene rings is 1. The highest BCUT2D eigenvalue weighted by molar-refractivity contribution is 5.89. The first-order chi connectivity index (χ1) is 9.79. The van der Waals surface area contributed by atoms with E-state index in [0.29, 0.717) is 18.6 Å². The van der Waals surface area contributed by atoms with Gasteiger partial charge in [0.1, 0.15) is 5.82 Å². The SMILES string of the molecule is CC(CCC(=O)O)CNC(=O)Nc1cc(F)cc(F)c1F. The lowest BCUT2D eigenvalue weighted by Gasteiger charge is -2.13. The van der Waals surface area contributed by atoms with E-state index in [9.17, 15) is 22.8 Å². The fraction of sp³-hybridized carbons (Fsp3) is 0.385. The van der Waals surface area contributed by atoms with E-state index in [-0.39, 0.29) is 18.9 Å². The van der Waals surface area contributed by atoms with Crippen molar-refractivity contribution < 1.29 is 27.9 Å². The van der Waals surface area contributed by atoms with E-state index in [1.165, 1.54) is 0 Å². The van der Waals surface area contributed by atoms with Crippen LogP contribution in [0.5, 0.6) is 0 Å². The quantitative estimate of drug-likeness (QED) is 0.707. The lowest BCUT2D eigenvalue weighted by molar-refractivity contribution is -0.137. The molecule has 0 radical (unpaired) electrons. The van der Waals surface area contributed by atoms with Crippen LogP contribution in [-0.4, -0.2) is 23.7 Å². The highest BCUT2D eigenvalue weighted by Gasteiger charge is 2.14. The van der Waals surface area contributed by atoms with Crippen molar-refractivity contribution in [3.8, 4) is 0 Å². The number of halogens is 3. The maximum Gasteiger partial charge on any atom is 0.319 e. The van der Waals surface area contributed by atoms with E-state index in [1.807, 2.05) is 5.32 Å². The minimum absolute atomic E-state index is 0.0335. The van der Waals surface area contributed by atoms with E-state index < -0.39 is 35.1 Å². The Labute approximate surface area is 119 Å². The Kier molecular flexibility index (Phi) is 6.01. The van der Waals surface area contributed by atoms with Gasteiger partial charge in [-0.05, 0) is 12.3 Å². The van der Waals surface area contributed by atoms with Crippen molar-refractivity contribution in [3.05, 3.63) is 29.6 Å². The third-order valence-electron chi connectivity index (χ3n) is 2.70. The molecule has 0 saturated carbocycles. The number of hydrogen-bond acceptors (Lipinski definition) is 2. The number of amides is 2. The summed E-state index contributed by atoms with van der Waals surface area (Å²) in [5.41, 5.74) is -0.608. The Bertz CT molecular complexity index is 538. The zero-order valence-corrected chi connectivity index (χ0v) is 11.3. The molecule has 116 valence electrons. The molecule has 0 aliphatic carbocycles. The number of rotatable bonds is 6. The van der Waals surface area contributed by atoms with E-state index in [2.05, 4.69) is 5.32 Å². The van der Waals surface area contributed by atoms with Gasteiger partial charge >= 0.3 is 12.0 Å². The maximum absolute atomic E-state index is 13.3. The van der Waals surface area contributed by atoms with Gasteiger partial charge in [-0.2, -0.15) is 0 Å². The molecular formula is C13H15F3N2O3. The van der Waals surface area contributed by atoms with Crippen molar-refractivity contribution in [2.24, 2.45) is 5.92 Å². The molecule has 1 aromatic carbocycles. The molecule has 1 unspecified atom stereocenters. The number of carboxylic acid groups (broad SMARTS) is 1. The van der Waals surface area contributed by atoms with Gasteiger partial charge in [0.25, 0.3) is 0 Å². The minimum Gasteiger partial charge on any atom is -0.481 e. The summed E-state index contributed by atoms with van der Waals surface area (Å²) in [6, 6.07) is 0.194. The molecule has 21 heavy (non-hydrogen) atoms. The summed E-state index contributed by atoms with van der Waals surface area (Å²) in [7, 11) is 0. The van der Waals surface area contributed by atoms with Gasteiger partial charge in [-0.3, -0.25) is 4.79 Å². The van der Waals surface area contributed by atoms with Crippen LogP contribution in [0.15, 0.2) is 12.1 Å². The van der Waals surface area contributed by atoms with Crippen molar-refractivity contribution in [1.82, 2.24) is 5.32 Å². The molecule has 0 aliphatic rings. The largest absolute Gasteiger partial charge is 0.481 e. The highest BCUT2D eigenvalue weighted by Crippen LogP contribution is 2.18. The predicted molar refractivity (Wildman–Crippen MR) is 69.4 cm³/mol. The van der Waals surface area contributed by atoms with Crippen LogP contribution in [0.2, 0.25) is 0 Å². The molecule has 0 saturated heterocycles. The first-order valence-electron chi connectivity index (χ1n) is 6.20. The van der Waals surface area contributed by atoms with Crippen LogP contribution < -0.4 is 10.6 Å². The van der Waals surface area contributed by atoms with Gasteiger partial charge in [-0.25, -0.2) is 18.0 Å². The molecule has 5 nitrogen and oxygen atoms in total. The molecule has 2 amide bonds. The minimum atomic E-state index is -1.40. The maximum atomic E-state index is 13.3. The van der Waals surface area contributed by atoms with Crippen molar-refractivity contribution in [2.75, 3.05) is 11.9 Å². The Hall–Kier alpha value is -2.25. The summed E-state index contributed by atoms with van der Waals surface area (Å²) in [4.78, 5) is 21.9. The Morgan fingerprint density at radius 2 is 1.95 bits per heavy atom. The van der Waals surface area contributed by atoms with Gasteiger partial charge in [-0.15, -0.1) is 0 Å². The summed E-state index contributed by atoms with van der Waals surface area (Å²) < 4.78 is 39.2. The fourth-order valence-electron chi connectivity index (χ4n) is 1.55. The second kappa shape index (κ2) is 7.51. The standard InChI is InChI=1S/C13H15F3N2O3/c1-7(2-3-11(19)20)6-17-13(21)18-10-5-8(14)4-9(15)12(10)16/h4-5,7H,2-3,6H2,1H3,(H,19,20)(H2,17,18,21). The number of aliphatic carboxylic acids is 1. The zero-order chi connectivity index (χ0) is 16.0. The van der Waals surface area contributed by atoms with Crippen LogP contribution in [0.4, 0.5) is 23.7 Å². The number of hydrogen-bond donors (Lipinski definition) is 3. The zero-order valence-electron chi connectivity index (χ0n) is 11.3.